The summed E-state index contributed by atoms with van der Waals surface area (Å²) in [6.45, 7) is 15.8. The zero-order valence-electron chi connectivity index (χ0n) is 26.5. The molecule has 6 rings (SSSR count). The Morgan fingerprint density at radius 2 is 1.52 bits per heavy atom. The highest BCUT2D eigenvalue weighted by Gasteiger charge is 2.91. The van der Waals surface area contributed by atoms with Gasteiger partial charge in [-0.2, -0.15) is 0 Å². The highest BCUT2D eigenvalue weighted by Crippen LogP contribution is 2.80. The number of methoxy groups -OCH3 is 1. The summed E-state index contributed by atoms with van der Waals surface area (Å²) in [6.07, 6.45) is 2.44. The van der Waals surface area contributed by atoms with Gasteiger partial charge in [-0.25, -0.2) is 0 Å². The van der Waals surface area contributed by atoms with Crippen LogP contribution in [0, 0.1) is 50.2 Å². The summed E-state index contributed by atoms with van der Waals surface area (Å²) in [6, 6.07) is 0. The quantitative estimate of drug-likeness (QED) is 0.198. The van der Waals surface area contributed by atoms with Crippen molar-refractivity contribution in [2.75, 3.05) is 7.11 Å². The van der Waals surface area contributed by atoms with Crippen LogP contribution >= 0.6 is 0 Å². The number of esters is 4. The lowest BCUT2D eigenvalue weighted by Crippen LogP contribution is -2.73. The molecule has 6 aliphatic rings. The van der Waals surface area contributed by atoms with Crippen LogP contribution in [0.1, 0.15) is 100 Å². The van der Waals surface area contributed by atoms with Crippen molar-refractivity contribution in [1.29, 1.82) is 0 Å². The maximum atomic E-state index is 14.8. The van der Waals surface area contributed by atoms with E-state index in [-0.39, 0.29) is 35.6 Å². The van der Waals surface area contributed by atoms with E-state index >= 15 is 0 Å². The van der Waals surface area contributed by atoms with Crippen LogP contribution in [0.15, 0.2) is 0 Å². The number of carbonyl (C=O) groups excluding carboxylic acids is 5. The second kappa shape index (κ2) is 8.45. The van der Waals surface area contributed by atoms with Crippen LogP contribution in [0.3, 0.4) is 0 Å². The number of fused-ring (bicyclic) bond motifs is 5. The number of epoxide rings is 1. The topological polar surface area (TPSA) is 126 Å². The van der Waals surface area contributed by atoms with E-state index in [1.54, 1.807) is 0 Å². The van der Waals surface area contributed by atoms with Gasteiger partial charge in [-0.1, -0.05) is 41.5 Å². The number of carbonyl (C=O) groups is 5. The summed E-state index contributed by atoms with van der Waals surface area (Å²) < 4.78 is 23.3. The van der Waals surface area contributed by atoms with Crippen molar-refractivity contribution in [3.63, 3.8) is 0 Å². The van der Waals surface area contributed by atoms with Crippen LogP contribution in [-0.2, 0) is 42.9 Å². The van der Waals surface area contributed by atoms with E-state index in [0.29, 0.717) is 38.5 Å². The standard InChI is InChI=1S/C33H46O9/c1-17(34)40-20-11-12-29(6)18(28(20,4)5)10-13-30(7)22(29)21(35)23-33(42-23)19-16-27(2,3)14-15-32(19,25(37)39-9)26(38)41-24(36)31(30,33)8/h18-20,22-23H,10-16H2,1-9H3. The van der Waals surface area contributed by atoms with Gasteiger partial charge < -0.3 is 18.9 Å². The van der Waals surface area contributed by atoms with Gasteiger partial charge in [0.05, 0.1) is 7.11 Å². The molecule has 2 saturated heterocycles. The third-order valence-corrected chi connectivity index (χ3v) is 13.7. The first-order chi connectivity index (χ1) is 19.3. The normalized spacial score (nSPS) is 49.9. The maximum absolute atomic E-state index is 14.8. The van der Waals surface area contributed by atoms with E-state index < -0.39 is 68.5 Å². The molecule has 9 heteroatoms. The number of hydrogen-bond acceptors (Lipinski definition) is 9. The molecule has 0 bridgehead atoms. The van der Waals surface area contributed by atoms with Crippen molar-refractivity contribution in [2.45, 2.75) is 118 Å². The highest BCUT2D eigenvalue weighted by molar-refractivity contribution is 6.08. The minimum absolute atomic E-state index is 0.0474. The summed E-state index contributed by atoms with van der Waals surface area (Å²) in [5.41, 5.74) is -6.50. The minimum Gasteiger partial charge on any atom is -0.468 e. The molecule has 0 amide bonds. The van der Waals surface area contributed by atoms with E-state index in [1.807, 2.05) is 13.8 Å². The van der Waals surface area contributed by atoms with Crippen LogP contribution in [0.5, 0.6) is 0 Å². The lowest BCUT2D eigenvalue weighted by Gasteiger charge is -2.67. The Labute approximate surface area is 248 Å². The first-order valence-electron chi connectivity index (χ1n) is 15.6. The molecule has 0 aromatic heterocycles. The molecule has 4 saturated carbocycles. The molecule has 42 heavy (non-hydrogen) atoms. The molecule has 2 heterocycles. The van der Waals surface area contributed by atoms with E-state index in [9.17, 15) is 24.0 Å². The average molecular weight is 587 g/mol. The Balaban J connectivity index is 1.52. The Hall–Kier alpha value is -2.29. The molecule has 232 valence electrons. The zero-order valence-corrected chi connectivity index (χ0v) is 26.5. The molecule has 10 atom stereocenters. The van der Waals surface area contributed by atoms with Gasteiger partial charge in [-0.3, -0.25) is 24.0 Å². The van der Waals surface area contributed by atoms with Crippen molar-refractivity contribution >= 4 is 29.7 Å². The van der Waals surface area contributed by atoms with Crippen LogP contribution in [-0.4, -0.2) is 54.6 Å². The summed E-state index contributed by atoms with van der Waals surface area (Å²) in [5.74, 6) is -3.93. The third kappa shape index (κ3) is 3.17. The van der Waals surface area contributed by atoms with Crippen LogP contribution < -0.4 is 0 Å². The molecule has 4 aliphatic carbocycles. The average Bonchev–Trinajstić information content (AvgIpc) is 3.66. The van der Waals surface area contributed by atoms with E-state index in [0.717, 1.165) is 0 Å². The van der Waals surface area contributed by atoms with Crippen molar-refractivity contribution < 1.29 is 42.9 Å². The molecule has 0 aromatic carbocycles. The van der Waals surface area contributed by atoms with E-state index in [4.69, 9.17) is 18.9 Å². The van der Waals surface area contributed by atoms with Gasteiger partial charge in [0.2, 0.25) is 0 Å². The largest absolute Gasteiger partial charge is 0.468 e. The second-order valence-electron chi connectivity index (χ2n) is 16.3. The van der Waals surface area contributed by atoms with Gasteiger partial charge in [0, 0.05) is 24.2 Å². The summed E-state index contributed by atoms with van der Waals surface area (Å²) in [7, 11) is 1.25. The fraction of sp³-hybridized carbons (Fsp3) is 0.848. The van der Waals surface area contributed by atoms with Crippen molar-refractivity contribution in [3.05, 3.63) is 0 Å². The molecule has 0 N–H and O–H groups in total. The molecule has 9 nitrogen and oxygen atoms in total. The van der Waals surface area contributed by atoms with Crippen molar-refractivity contribution in [3.8, 4) is 0 Å². The van der Waals surface area contributed by atoms with Gasteiger partial charge in [0.25, 0.3) is 0 Å². The fourth-order valence-electron chi connectivity index (χ4n) is 11.5. The molecule has 1 spiro atoms. The van der Waals surface area contributed by atoms with Gasteiger partial charge in [0.1, 0.15) is 23.2 Å². The molecule has 10 unspecified atom stereocenters. The van der Waals surface area contributed by atoms with Crippen molar-refractivity contribution in [1.82, 2.24) is 0 Å². The van der Waals surface area contributed by atoms with Gasteiger partial charge in [-0.15, -0.1) is 0 Å². The number of rotatable bonds is 2. The highest BCUT2D eigenvalue weighted by atomic mass is 16.6. The smallest absolute Gasteiger partial charge is 0.331 e. The Bertz CT molecular complexity index is 1300. The number of cyclic esters (lactones) is 2. The van der Waals surface area contributed by atoms with Gasteiger partial charge >= 0.3 is 23.9 Å². The van der Waals surface area contributed by atoms with Crippen LogP contribution in [0.25, 0.3) is 0 Å². The molecular formula is C33H46O9. The number of hydrogen-bond donors (Lipinski definition) is 0. The Kier molecular flexibility index (Phi) is 5.99. The van der Waals surface area contributed by atoms with Crippen LogP contribution in [0.4, 0.5) is 0 Å². The monoisotopic (exact) mass is 586 g/mol. The number of ether oxygens (including phenoxy) is 4. The second-order valence-corrected chi connectivity index (χ2v) is 16.3. The molecular weight excluding hydrogens is 540 g/mol. The lowest BCUT2D eigenvalue weighted by molar-refractivity contribution is -0.226. The lowest BCUT2D eigenvalue weighted by atomic mass is 9.33. The third-order valence-electron chi connectivity index (χ3n) is 13.7. The van der Waals surface area contributed by atoms with E-state index in [2.05, 4.69) is 34.6 Å². The Morgan fingerprint density at radius 1 is 0.857 bits per heavy atom. The van der Waals surface area contributed by atoms with Gasteiger partial charge in [-0.05, 0) is 74.0 Å². The molecule has 0 aromatic rings. The zero-order chi connectivity index (χ0) is 31.1. The van der Waals surface area contributed by atoms with Crippen LogP contribution in [0.2, 0.25) is 0 Å². The summed E-state index contributed by atoms with van der Waals surface area (Å²) in [4.78, 5) is 68.8. The SMILES string of the molecule is COC(=O)C12CCC(C)(C)CC1C13OC1C(=O)C1C4(C)CCC(OC(C)=O)C(C)(C)C4CCC1(C)C3(C)C(=O)OC2=O. The minimum atomic E-state index is -1.72. The summed E-state index contributed by atoms with van der Waals surface area (Å²) in [5, 5.41) is 0. The summed E-state index contributed by atoms with van der Waals surface area (Å²) >= 11 is 0. The molecule has 0 radical (unpaired) electrons. The Morgan fingerprint density at radius 3 is 2.14 bits per heavy atom. The number of ketones is 1. The molecule has 6 fully saturated rings. The maximum Gasteiger partial charge on any atom is 0.331 e. The predicted molar refractivity (Wildman–Crippen MR) is 148 cm³/mol. The van der Waals surface area contributed by atoms with Gasteiger partial charge in [0.15, 0.2) is 11.2 Å². The van der Waals surface area contributed by atoms with Crippen molar-refractivity contribution in [2.24, 2.45) is 50.2 Å². The number of Topliss-reactive ketones (excluding diaryl/α,β-unsaturated/α-hetero) is 1. The fourth-order valence-corrected chi connectivity index (χ4v) is 11.5. The van der Waals surface area contributed by atoms with E-state index in [1.165, 1.54) is 14.0 Å². The molecule has 2 aliphatic heterocycles. The first-order valence-corrected chi connectivity index (χ1v) is 15.6. The predicted octanol–water partition coefficient (Wildman–Crippen LogP) is 4.57. The first kappa shape index (κ1) is 29.8.